The molecule has 4 N–H and O–H groups in total. The number of pyridine rings is 1. The Bertz CT molecular complexity index is 360. The van der Waals surface area contributed by atoms with E-state index in [2.05, 4.69) is 40.1 Å². The number of halogens is 1. The van der Waals surface area contributed by atoms with Gasteiger partial charge in [0.2, 0.25) is 0 Å². The van der Waals surface area contributed by atoms with E-state index in [1.165, 1.54) is 0 Å². The van der Waals surface area contributed by atoms with Crippen molar-refractivity contribution < 1.29 is 5.11 Å². The molecule has 1 aromatic heterocycles. The number of nitrogens with two attached hydrogens (primary N) is 1. The first-order valence-corrected chi connectivity index (χ1v) is 6.46. The van der Waals surface area contributed by atoms with Gasteiger partial charge >= 0.3 is 0 Å². The van der Waals surface area contributed by atoms with Crippen LogP contribution >= 0.6 is 15.9 Å². The molecule has 17 heavy (non-hydrogen) atoms. The van der Waals surface area contributed by atoms with Crippen LogP contribution < -0.4 is 11.1 Å². The second-order valence-corrected chi connectivity index (χ2v) is 5.89. The van der Waals surface area contributed by atoms with Crippen molar-refractivity contribution in [3.05, 3.63) is 16.9 Å². The Kier molecular flexibility index (Phi) is 4.77. The third kappa shape index (κ3) is 4.52. The molecule has 1 aromatic rings. The Morgan fingerprint density at radius 1 is 1.53 bits per heavy atom. The third-order valence-electron chi connectivity index (χ3n) is 2.42. The van der Waals surface area contributed by atoms with Crippen molar-refractivity contribution in [2.45, 2.75) is 32.8 Å². The van der Waals surface area contributed by atoms with Crippen LogP contribution in [0.5, 0.6) is 0 Å². The maximum atomic E-state index is 10.2. The third-order valence-corrected chi connectivity index (χ3v) is 3.02. The molecule has 0 fully saturated rings. The molecule has 0 aliphatic heterocycles. The fourth-order valence-electron chi connectivity index (χ4n) is 1.87. The highest BCUT2D eigenvalue weighted by molar-refractivity contribution is 9.10. The first-order valence-electron chi connectivity index (χ1n) is 5.67. The molecule has 0 aliphatic rings. The summed E-state index contributed by atoms with van der Waals surface area (Å²) in [5.74, 6) is 0.449. The lowest BCUT2D eigenvalue weighted by molar-refractivity contribution is 0.0515. The summed E-state index contributed by atoms with van der Waals surface area (Å²) in [5.41, 5.74) is 6.42. The van der Waals surface area contributed by atoms with E-state index < -0.39 is 5.60 Å². The van der Waals surface area contributed by atoms with Gasteiger partial charge in [0.05, 0.1) is 27.6 Å². The number of anilines is 2. The number of rotatable bonds is 5. The second-order valence-electron chi connectivity index (χ2n) is 5.03. The predicted octanol–water partition coefficient (Wildman–Crippen LogP) is 2.64. The number of aromatic nitrogens is 1. The summed E-state index contributed by atoms with van der Waals surface area (Å²) in [6.07, 6.45) is 4.00. The van der Waals surface area contributed by atoms with Crippen molar-refractivity contribution in [1.82, 2.24) is 4.98 Å². The van der Waals surface area contributed by atoms with Gasteiger partial charge in [-0.2, -0.15) is 0 Å². The highest BCUT2D eigenvalue weighted by Crippen LogP contribution is 2.28. The summed E-state index contributed by atoms with van der Waals surface area (Å²) in [5, 5.41) is 13.4. The van der Waals surface area contributed by atoms with Gasteiger partial charge in [0.15, 0.2) is 0 Å². The Balaban J connectivity index is 2.67. The number of aliphatic hydroxyl groups is 1. The Hall–Kier alpha value is -0.810. The lowest BCUT2D eigenvalue weighted by Gasteiger charge is -2.26. The van der Waals surface area contributed by atoms with Crippen LogP contribution in [0.25, 0.3) is 0 Å². The van der Waals surface area contributed by atoms with Crippen molar-refractivity contribution in [3.8, 4) is 0 Å². The molecule has 1 unspecified atom stereocenters. The monoisotopic (exact) mass is 301 g/mol. The summed E-state index contributed by atoms with van der Waals surface area (Å²) >= 11 is 3.38. The summed E-state index contributed by atoms with van der Waals surface area (Å²) in [6.45, 7) is 6.46. The molecular weight excluding hydrogens is 282 g/mol. The Labute approximate surface area is 111 Å². The maximum absolute atomic E-state index is 10.2. The van der Waals surface area contributed by atoms with Gasteiger partial charge in [-0.05, 0) is 35.2 Å². The first-order chi connectivity index (χ1) is 7.82. The number of hydrogen-bond donors (Lipinski definition) is 3. The van der Waals surface area contributed by atoms with Crippen LogP contribution in [0.15, 0.2) is 16.9 Å². The average Bonchev–Trinajstić information content (AvgIpc) is 2.14. The normalized spacial score (nSPS) is 14.7. The Morgan fingerprint density at radius 2 is 2.18 bits per heavy atom. The molecule has 1 heterocycles. The molecule has 0 saturated heterocycles. The minimum Gasteiger partial charge on any atom is -0.396 e. The molecule has 96 valence electrons. The molecule has 0 aliphatic carbocycles. The van der Waals surface area contributed by atoms with Crippen LogP contribution in [0.4, 0.5) is 11.4 Å². The Morgan fingerprint density at radius 3 is 2.71 bits per heavy atom. The molecule has 0 aromatic carbocycles. The van der Waals surface area contributed by atoms with E-state index in [1.807, 2.05) is 6.92 Å². The lowest BCUT2D eigenvalue weighted by Crippen LogP contribution is -2.35. The van der Waals surface area contributed by atoms with Gasteiger partial charge in [-0.1, -0.05) is 13.8 Å². The quantitative estimate of drug-likeness (QED) is 0.782. The lowest BCUT2D eigenvalue weighted by atomic mass is 9.94. The van der Waals surface area contributed by atoms with Crippen LogP contribution in [0, 0.1) is 5.92 Å². The van der Waals surface area contributed by atoms with Crippen LogP contribution in [-0.4, -0.2) is 22.2 Å². The summed E-state index contributed by atoms with van der Waals surface area (Å²) in [7, 11) is 0. The highest BCUT2D eigenvalue weighted by Gasteiger charge is 2.22. The zero-order valence-electron chi connectivity index (χ0n) is 10.5. The van der Waals surface area contributed by atoms with E-state index in [9.17, 15) is 5.11 Å². The average molecular weight is 302 g/mol. The van der Waals surface area contributed by atoms with Crippen molar-refractivity contribution >= 4 is 27.3 Å². The molecule has 0 amide bonds. The van der Waals surface area contributed by atoms with Crippen molar-refractivity contribution in [1.29, 1.82) is 0 Å². The minimum atomic E-state index is -0.747. The predicted molar refractivity (Wildman–Crippen MR) is 74.9 cm³/mol. The van der Waals surface area contributed by atoms with Crippen molar-refractivity contribution in [3.63, 3.8) is 0 Å². The number of nitrogen functional groups attached to an aromatic ring is 1. The summed E-state index contributed by atoms with van der Waals surface area (Å²) < 4.78 is 0.804. The van der Waals surface area contributed by atoms with Gasteiger partial charge < -0.3 is 16.2 Å². The van der Waals surface area contributed by atoms with Gasteiger partial charge in [-0.15, -0.1) is 0 Å². The van der Waals surface area contributed by atoms with Gasteiger partial charge in [0, 0.05) is 12.7 Å². The summed E-state index contributed by atoms with van der Waals surface area (Å²) in [4.78, 5) is 3.96. The van der Waals surface area contributed by atoms with E-state index in [0.29, 0.717) is 18.2 Å². The minimum absolute atomic E-state index is 0.449. The van der Waals surface area contributed by atoms with E-state index in [4.69, 9.17) is 5.73 Å². The van der Waals surface area contributed by atoms with Crippen molar-refractivity contribution in [2.75, 3.05) is 17.6 Å². The fourth-order valence-corrected chi connectivity index (χ4v) is 2.35. The molecule has 0 spiro atoms. The van der Waals surface area contributed by atoms with Crippen LogP contribution in [0.1, 0.15) is 27.2 Å². The van der Waals surface area contributed by atoms with Gasteiger partial charge in [0.25, 0.3) is 0 Å². The largest absolute Gasteiger partial charge is 0.396 e. The maximum Gasteiger partial charge on any atom is 0.0793 e. The molecule has 1 atom stereocenters. The fraction of sp³-hybridized carbons (Fsp3) is 0.583. The van der Waals surface area contributed by atoms with Gasteiger partial charge in [-0.3, -0.25) is 4.98 Å². The number of nitrogens with zero attached hydrogens (tertiary/aromatic N) is 1. The molecule has 5 heteroatoms. The smallest absolute Gasteiger partial charge is 0.0793 e. The van der Waals surface area contributed by atoms with Gasteiger partial charge in [-0.25, -0.2) is 0 Å². The second kappa shape index (κ2) is 5.69. The van der Waals surface area contributed by atoms with Crippen LogP contribution in [0.2, 0.25) is 0 Å². The molecular formula is C12H20BrN3O. The van der Waals surface area contributed by atoms with E-state index >= 15 is 0 Å². The molecule has 0 saturated carbocycles. The number of nitrogens with one attached hydrogen (secondary N) is 1. The summed E-state index contributed by atoms with van der Waals surface area (Å²) in [6, 6.07) is 0. The molecule has 4 nitrogen and oxygen atoms in total. The van der Waals surface area contributed by atoms with E-state index in [0.717, 1.165) is 16.6 Å². The van der Waals surface area contributed by atoms with Crippen LogP contribution in [0.3, 0.4) is 0 Å². The SMILES string of the molecule is CC(C)CC(C)(O)CNc1c(N)cncc1Br. The highest BCUT2D eigenvalue weighted by atomic mass is 79.9. The molecule has 0 bridgehead atoms. The van der Waals surface area contributed by atoms with E-state index in [1.54, 1.807) is 12.4 Å². The zero-order chi connectivity index (χ0) is 13.1. The standard InChI is InChI=1S/C12H20BrN3O/c1-8(2)4-12(3,17)7-16-11-9(13)5-15-6-10(11)14/h5-6,8,17H,4,7,14H2,1-3H3,(H,15,16). The van der Waals surface area contributed by atoms with Crippen LogP contribution in [-0.2, 0) is 0 Å². The van der Waals surface area contributed by atoms with Gasteiger partial charge in [0.1, 0.15) is 0 Å². The zero-order valence-corrected chi connectivity index (χ0v) is 12.1. The first kappa shape index (κ1) is 14.3. The van der Waals surface area contributed by atoms with Crippen molar-refractivity contribution in [2.24, 2.45) is 5.92 Å². The molecule has 0 radical (unpaired) electrons. The number of hydrogen-bond acceptors (Lipinski definition) is 4. The van der Waals surface area contributed by atoms with E-state index in [-0.39, 0.29) is 0 Å². The topological polar surface area (TPSA) is 71.2 Å². The molecule has 1 rings (SSSR count).